The second-order valence-corrected chi connectivity index (χ2v) is 5.97. The summed E-state index contributed by atoms with van der Waals surface area (Å²) in [6.07, 6.45) is 0. The number of aromatic nitrogens is 3. The van der Waals surface area contributed by atoms with Crippen molar-refractivity contribution in [3.63, 3.8) is 0 Å². The Morgan fingerprint density at radius 2 is 2.10 bits per heavy atom. The van der Waals surface area contributed by atoms with Crippen LogP contribution in [0.25, 0.3) is 22.6 Å². The maximum Gasteiger partial charge on any atom is 0.258 e. The summed E-state index contributed by atoms with van der Waals surface area (Å²) in [6.45, 7) is 0. The number of oxazole rings is 1. The van der Waals surface area contributed by atoms with Gasteiger partial charge >= 0.3 is 0 Å². The normalized spacial score (nSPS) is 11.2. The molecule has 0 fully saturated rings. The standard InChI is InChI=1S/C14H9N3O2S2/c1-2-4-11-10(3-1)15-14(18-11)21-8-12-16-13(19-17-12)9-5-6-20-7-9/h1-7H,8H2. The van der Waals surface area contributed by atoms with Crippen LogP contribution in [0.1, 0.15) is 5.82 Å². The number of thiophene rings is 1. The van der Waals surface area contributed by atoms with Gasteiger partial charge in [-0.05, 0) is 23.6 Å². The van der Waals surface area contributed by atoms with Crippen LogP contribution >= 0.6 is 23.1 Å². The zero-order valence-electron chi connectivity index (χ0n) is 10.7. The first kappa shape index (κ1) is 12.6. The summed E-state index contributed by atoms with van der Waals surface area (Å²) in [4.78, 5) is 8.76. The fraction of sp³-hybridized carbons (Fsp3) is 0.0714. The molecule has 0 amide bonds. The fourth-order valence-electron chi connectivity index (χ4n) is 1.86. The molecule has 1 aromatic carbocycles. The van der Waals surface area contributed by atoms with Crippen molar-refractivity contribution in [2.75, 3.05) is 0 Å². The second kappa shape index (κ2) is 5.34. The topological polar surface area (TPSA) is 65.0 Å². The Morgan fingerprint density at radius 1 is 1.14 bits per heavy atom. The van der Waals surface area contributed by atoms with Gasteiger partial charge in [-0.1, -0.05) is 29.1 Å². The first-order chi connectivity index (χ1) is 10.4. The van der Waals surface area contributed by atoms with Gasteiger partial charge in [0.05, 0.1) is 11.3 Å². The van der Waals surface area contributed by atoms with Crippen molar-refractivity contribution < 1.29 is 8.94 Å². The number of nitrogens with zero attached hydrogens (tertiary/aromatic N) is 3. The predicted octanol–water partition coefficient (Wildman–Crippen LogP) is 4.23. The highest BCUT2D eigenvalue weighted by Crippen LogP contribution is 2.26. The average Bonchev–Trinajstić information content (AvgIpc) is 3.23. The Labute approximate surface area is 128 Å². The molecule has 104 valence electrons. The van der Waals surface area contributed by atoms with Crippen LogP contribution < -0.4 is 0 Å². The number of para-hydroxylation sites is 2. The van der Waals surface area contributed by atoms with Gasteiger partial charge in [0.15, 0.2) is 11.4 Å². The third-order valence-electron chi connectivity index (χ3n) is 2.84. The number of rotatable bonds is 4. The molecule has 5 nitrogen and oxygen atoms in total. The molecule has 21 heavy (non-hydrogen) atoms. The summed E-state index contributed by atoms with van der Waals surface area (Å²) in [5, 5.41) is 8.53. The molecule has 4 rings (SSSR count). The average molecular weight is 315 g/mol. The molecule has 0 saturated carbocycles. The van der Waals surface area contributed by atoms with E-state index in [4.69, 9.17) is 8.94 Å². The van der Waals surface area contributed by atoms with Gasteiger partial charge < -0.3 is 8.94 Å². The molecule has 0 bridgehead atoms. The SMILES string of the molecule is c1ccc2oc(SCc3noc(-c4ccsc4)n3)nc2c1. The molecule has 0 saturated heterocycles. The molecule has 0 radical (unpaired) electrons. The summed E-state index contributed by atoms with van der Waals surface area (Å²) < 4.78 is 10.9. The van der Waals surface area contributed by atoms with Crippen LogP contribution in [0, 0.1) is 0 Å². The lowest BCUT2D eigenvalue weighted by atomic mass is 10.3. The van der Waals surface area contributed by atoms with Crippen LogP contribution in [-0.4, -0.2) is 15.1 Å². The monoisotopic (exact) mass is 315 g/mol. The highest BCUT2D eigenvalue weighted by Gasteiger charge is 2.11. The van der Waals surface area contributed by atoms with Gasteiger partial charge in [-0.25, -0.2) is 4.98 Å². The van der Waals surface area contributed by atoms with E-state index in [1.54, 1.807) is 11.3 Å². The first-order valence-electron chi connectivity index (χ1n) is 6.22. The minimum Gasteiger partial charge on any atom is -0.431 e. The van der Waals surface area contributed by atoms with Crippen molar-refractivity contribution in [3.8, 4) is 11.5 Å². The van der Waals surface area contributed by atoms with Crippen LogP contribution in [0.15, 0.2) is 55.3 Å². The summed E-state index contributed by atoms with van der Waals surface area (Å²) in [6, 6.07) is 9.64. The van der Waals surface area contributed by atoms with Crippen molar-refractivity contribution in [2.45, 2.75) is 11.0 Å². The molecular formula is C14H9N3O2S2. The van der Waals surface area contributed by atoms with E-state index < -0.39 is 0 Å². The highest BCUT2D eigenvalue weighted by molar-refractivity contribution is 7.98. The molecule has 0 aliphatic rings. The zero-order valence-corrected chi connectivity index (χ0v) is 12.4. The number of benzene rings is 1. The van der Waals surface area contributed by atoms with E-state index >= 15 is 0 Å². The minimum atomic E-state index is 0.546. The van der Waals surface area contributed by atoms with E-state index in [2.05, 4.69) is 15.1 Å². The molecular weight excluding hydrogens is 306 g/mol. The number of thioether (sulfide) groups is 1. The molecule has 0 spiro atoms. The summed E-state index contributed by atoms with van der Waals surface area (Å²) in [5.41, 5.74) is 2.59. The highest BCUT2D eigenvalue weighted by atomic mass is 32.2. The van der Waals surface area contributed by atoms with Crippen molar-refractivity contribution in [1.82, 2.24) is 15.1 Å². The van der Waals surface area contributed by atoms with Gasteiger partial charge in [0.25, 0.3) is 11.1 Å². The summed E-state index contributed by atoms with van der Waals surface area (Å²) >= 11 is 3.05. The van der Waals surface area contributed by atoms with E-state index in [9.17, 15) is 0 Å². The lowest BCUT2D eigenvalue weighted by Gasteiger charge is -1.89. The van der Waals surface area contributed by atoms with Gasteiger partial charge in [-0.2, -0.15) is 16.3 Å². The van der Waals surface area contributed by atoms with E-state index in [-0.39, 0.29) is 0 Å². The summed E-state index contributed by atoms with van der Waals surface area (Å²) in [5.74, 6) is 1.73. The summed E-state index contributed by atoms with van der Waals surface area (Å²) in [7, 11) is 0. The molecule has 0 aliphatic carbocycles. The zero-order chi connectivity index (χ0) is 14.1. The maximum atomic E-state index is 5.64. The van der Waals surface area contributed by atoms with Gasteiger partial charge in [0, 0.05) is 5.38 Å². The molecule has 0 aliphatic heterocycles. The molecule has 3 aromatic heterocycles. The molecule has 0 atom stereocenters. The third kappa shape index (κ3) is 2.57. The Bertz CT molecular complexity index is 834. The van der Waals surface area contributed by atoms with Crippen molar-refractivity contribution in [2.24, 2.45) is 0 Å². The van der Waals surface area contributed by atoms with Gasteiger partial charge in [-0.3, -0.25) is 0 Å². The van der Waals surface area contributed by atoms with E-state index in [0.717, 1.165) is 16.7 Å². The number of hydrogen-bond donors (Lipinski definition) is 0. The smallest absolute Gasteiger partial charge is 0.258 e. The van der Waals surface area contributed by atoms with E-state index in [1.165, 1.54) is 11.8 Å². The Morgan fingerprint density at radius 3 is 2.95 bits per heavy atom. The van der Waals surface area contributed by atoms with Crippen molar-refractivity contribution >= 4 is 34.2 Å². The van der Waals surface area contributed by atoms with Gasteiger partial charge in [-0.15, -0.1) is 0 Å². The van der Waals surface area contributed by atoms with Crippen molar-refractivity contribution in [1.29, 1.82) is 0 Å². The van der Waals surface area contributed by atoms with Crippen LogP contribution in [0.3, 0.4) is 0 Å². The molecule has 0 unspecified atom stereocenters. The maximum absolute atomic E-state index is 5.64. The van der Waals surface area contributed by atoms with Crippen LogP contribution in [0.5, 0.6) is 0 Å². The quantitative estimate of drug-likeness (QED) is 0.525. The lowest BCUT2D eigenvalue weighted by Crippen LogP contribution is -1.83. The largest absolute Gasteiger partial charge is 0.431 e. The molecule has 4 aromatic rings. The van der Waals surface area contributed by atoms with Gasteiger partial charge in [0.1, 0.15) is 5.52 Å². The number of hydrogen-bond acceptors (Lipinski definition) is 7. The molecule has 7 heteroatoms. The Balaban J connectivity index is 1.49. The minimum absolute atomic E-state index is 0.546. The molecule has 0 N–H and O–H groups in total. The Kier molecular flexibility index (Phi) is 3.21. The lowest BCUT2D eigenvalue weighted by molar-refractivity contribution is 0.425. The van der Waals surface area contributed by atoms with Crippen LogP contribution in [-0.2, 0) is 5.75 Å². The molecule has 3 heterocycles. The Hall–Kier alpha value is -2.12. The fourth-order valence-corrected chi connectivity index (χ4v) is 3.17. The van der Waals surface area contributed by atoms with E-state index in [0.29, 0.717) is 22.7 Å². The van der Waals surface area contributed by atoms with Gasteiger partial charge in [0.2, 0.25) is 0 Å². The van der Waals surface area contributed by atoms with E-state index in [1.807, 2.05) is 41.1 Å². The second-order valence-electron chi connectivity index (χ2n) is 4.26. The van der Waals surface area contributed by atoms with Crippen molar-refractivity contribution in [3.05, 3.63) is 46.9 Å². The predicted molar refractivity (Wildman–Crippen MR) is 81.2 cm³/mol. The first-order valence-corrected chi connectivity index (χ1v) is 8.15. The number of fused-ring (bicyclic) bond motifs is 1. The third-order valence-corrected chi connectivity index (χ3v) is 4.34. The van der Waals surface area contributed by atoms with Crippen LogP contribution in [0.4, 0.5) is 0 Å². The van der Waals surface area contributed by atoms with Crippen LogP contribution in [0.2, 0.25) is 0 Å².